The summed E-state index contributed by atoms with van der Waals surface area (Å²) in [6, 6.07) is 19.0. The number of ketones is 1. The predicted molar refractivity (Wildman–Crippen MR) is 111 cm³/mol. The Morgan fingerprint density at radius 1 is 0.897 bits per heavy atom. The molecule has 0 N–H and O–H groups in total. The van der Waals surface area contributed by atoms with E-state index in [4.69, 9.17) is 14.2 Å². The van der Waals surface area contributed by atoms with Gasteiger partial charge in [-0.2, -0.15) is 0 Å². The van der Waals surface area contributed by atoms with Crippen LogP contribution in [0.1, 0.15) is 26.3 Å². The van der Waals surface area contributed by atoms with Gasteiger partial charge in [-0.1, -0.05) is 34.1 Å². The average Bonchev–Trinajstić information content (AvgIpc) is 3.20. The lowest BCUT2D eigenvalue weighted by atomic mass is 10.1. The Labute approximate surface area is 175 Å². The smallest absolute Gasteiger partial charge is 0.343 e. The van der Waals surface area contributed by atoms with Gasteiger partial charge in [0.15, 0.2) is 17.3 Å². The van der Waals surface area contributed by atoms with Crippen LogP contribution in [0.4, 0.5) is 0 Å². The summed E-state index contributed by atoms with van der Waals surface area (Å²) in [4.78, 5) is 24.7. The highest BCUT2D eigenvalue weighted by molar-refractivity contribution is 9.10. The van der Waals surface area contributed by atoms with Gasteiger partial charge >= 0.3 is 5.97 Å². The van der Waals surface area contributed by atoms with Crippen molar-refractivity contribution in [2.75, 3.05) is 6.79 Å². The van der Waals surface area contributed by atoms with Crippen LogP contribution in [-0.2, 0) is 0 Å². The van der Waals surface area contributed by atoms with E-state index in [-0.39, 0.29) is 12.6 Å². The van der Waals surface area contributed by atoms with E-state index in [1.165, 1.54) is 6.08 Å². The predicted octanol–water partition coefficient (Wildman–Crippen LogP) is 5.29. The SMILES string of the molecule is O=C(/C=C/c1cccc(OC(=O)c2ccc3c(c2)OCO3)c1)c1ccc(Br)cc1. The van der Waals surface area contributed by atoms with Gasteiger partial charge in [-0.05, 0) is 66.2 Å². The molecule has 0 aromatic heterocycles. The van der Waals surface area contributed by atoms with Crippen molar-refractivity contribution in [3.8, 4) is 17.2 Å². The highest BCUT2D eigenvalue weighted by atomic mass is 79.9. The average molecular weight is 451 g/mol. The van der Waals surface area contributed by atoms with E-state index in [1.807, 2.05) is 18.2 Å². The molecule has 0 amide bonds. The van der Waals surface area contributed by atoms with Crippen LogP contribution in [0.5, 0.6) is 17.2 Å². The number of ether oxygens (including phenoxy) is 3. The molecule has 144 valence electrons. The standard InChI is InChI=1S/C23H15BrO5/c24-18-8-5-16(6-9-18)20(25)10-4-15-2-1-3-19(12-15)29-23(26)17-7-11-21-22(13-17)28-14-27-21/h1-13H,14H2/b10-4+. The fraction of sp³-hybridized carbons (Fsp3) is 0.0435. The van der Waals surface area contributed by atoms with Crippen LogP contribution in [0, 0.1) is 0 Å². The third kappa shape index (κ3) is 4.55. The van der Waals surface area contributed by atoms with Crippen LogP contribution in [0.2, 0.25) is 0 Å². The topological polar surface area (TPSA) is 61.8 Å². The minimum atomic E-state index is -0.504. The molecule has 4 rings (SSSR count). The number of esters is 1. The first kappa shape index (κ1) is 19.0. The number of benzene rings is 3. The number of allylic oxidation sites excluding steroid dienone is 1. The fourth-order valence-electron chi connectivity index (χ4n) is 2.75. The van der Waals surface area contributed by atoms with Gasteiger partial charge in [-0.25, -0.2) is 4.79 Å². The first-order valence-corrected chi connectivity index (χ1v) is 9.58. The summed E-state index contributed by atoms with van der Waals surface area (Å²) in [6.07, 6.45) is 3.17. The second-order valence-electron chi connectivity index (χ2n) is 6.23. The lowest BCUT2D eigenvalue weighted by Gasteiger charge is -2.06. The monoisotopic (exact) mass is 450 g/mol. The first-order valence-electron chi connectivity index (χ1n) is 8.78. The number of hydrogen-bond donors (Lipinski definition) is 0. The van der Waals surface area contributed by atoms with Crippen molar-refractivity contribution in [1.82, 2.24) is 0 Å². The van der Waals surface area contributed by atoms with Crippen LogP contribution >= 0.6 is 15.9 Å². The van der Waals surface area contributed by atoms with E-state index in [0.29, 0.717) is 28.4 Å². The van der Waals surface area contributed by atoms with E-state index in [1.54, 1.807) is 54.6 Å². The summed E-state index contributed by atoms with van der Waals surface area (Å²) in [6.45, 7) is 0.140. The molecule has 3 aromatic rings. The zero-order valence-corrected chi connectivity index (χ0v) is 16.7. The normalized spacial score (nSPS) is 12.2. The molecule has 0 atom stereocenters. The van der Waals surface area contributed by atoms with Crippen LogP contribution in [0.3, 0.4) is 0 Å². The van der Waals surface area contributed by atoms with Crippen molar-refractivity contribution in [3.63, 3.8) is 0 Å². The van der Waals surface area contributed by atoms with Crippen molar-refractivity contribution in [1.29, 1.82) is 0 Å². The van der Waals surface area contributed by atoms with Crippen LogP contribution in [0.25, 0.3) is 6.08 Å². The quantitative estimate of drug-likeness (QED) is 0.228. The molecule has 1 aliphatic rings. The molecule has 0 saturated heterocycles. The number of halogens is 1. The summed E-state index contributed by atoms with van der Waals surface area (Å²) in [5.41, 5.74) is 1.70. The zero-order chi connectivity index (χ0) is 20.2. The Kier molecular flexibility index (Phi) is 5.44. The Morgan fingerprint density at radius 2 is 1.66 bits per heavy atom. The van der Waals surface area contributed by atoms with Gasteiger partial charge in [0, 0.05) is 10.0 Å². The van der Waals surface area contributed by atoms with Crippen molar-refractivity contribution in [2.45, 2.75) is 0 Å². The van der Waals surface area contributed by atoms with Crippen LogP contribution in [-0.4, -0.2) is 18.5 Å². The van der Waals surface area contributed by atoms with Crippen LogP contribution in [0.15, 0.2) is 77.3 Å². The maximum Gasteiger partial charge on any atom is 0.343 e. The maximum absolute atomic E-state index is 12.4. The third-order valence-corrected chi connectivity index (χ3v) is 4.76. The molecule has 0 radical (unpaired) electrons. The lowest BCUT2D eigenvalue weighted by molar-refractivity contribution is 0.0734. The second kappa shape index (κ2) is 8.32. The molecule has 5 nitrogen and oxygen atoms in total. The fourth-order valence-corrected chi connectivity index (χ4v) is 3.02. The molecule has 1 aliphatic heterocycles. The van der Waals surface area contributed by atoms with Gasteiger partial charge in [-0.3, -0.25) is 4.79 Å². The Bertz CT molecular complexity index is 1100. The number of carbonyl (C=O) groups is 2. The lowest BCUT2D eigenvalue weighted by Crippen LogP contribution is -2.08. The van der Waals surface area contributed by atoms with Crippen molar-refractivity contribution in [3.05, 3.63) is 94.0 Å². The summed E-state index contributed by atoms with van der Waals surface area (Å²) in [5.74, 6) is 0.883. The van der Waals surface area contributed by atoms with Crippen LogP contribution < -0.4 is 14.2 Å². The van der Waals surface area contributed by atoms with E-state index in [2.05, 4.69) is 15.9 Å². The first-order chi connectivity index (χ1) is 14.1. The van der Waals surface area contributed by atoms with Crippen molar-refractivity contribution >= 4 is 33.8 Å². The van der Waals surface area contributed by atoms with Gasteiger partial charge in [-0.15, -0.1) is 0 Å². The molecule has 6 heteroatoms. The van der Waals surface area contributed by atoms with E-state index in [0.717, 1.165) is 10.0 Å². The minimum Gasteiger partial charge on any atom is -0.454 e. The van der Waals surface area contributed by atoms with Gasteiger partial charge in [0.05, 0.1) is 5.56 Å². The Balaban J connectivity index is 1.45. The third-order valence-electron chi connectivity index (χ3n) is 4.23. The summed E-state index contributed by atoms with van der Waals surface area (Å²) < 4.78 is 16.9. The van der Waals surface area contributed by atoms with Gasteiger partial charge < -0.3 is 14.2 Å². The maximum atomic E-state index is 12.4. The molecule has 0 aliphatic carbocycles. The number of rotatable bonds is 5. The summed E-state index contributed by atoms with van der Waals surface area (Å²) in [5, 5.41) is 0. The van der Waals surface area contributed by atoms with Gasteiger partial charge in [0.25, 0.3) is 0 Å². The molecular formula is C23H15BrO5. The molecule has 0 spiro atoms. The van der Waals surface area contributed by atoms with Crippen molar-refractivity contribution in [2.24, 2.45) is 0 Å². The highest BCUT2D eigenvalue weighted by Crippen LogP contribution is 2.32. The molecule has 0 bridgehead atoms. The molecule has 0 fully saturated rings. The molecule has 0 unspecified atom stereocenters. The van der Waals surface area contributed by atoms with Crippen molar-refractivity contribution < 1.29 is 23.8 Å². The second-order valence-corrected chi connectivity index (χ2v) is 7.15. The molecule has 0 saturated carbocycles. The van der Waals surface area contributed by atoms with Gasteiger partial charge in [0.1, 0.15) is 5.75 Å². The molecular weight excluding hydrogens is 436 g/mol. The zero-order valence-electron chi connectivity index (χ0n) is 15.1. The highest BCUT2D eigenvalue weighted by Gasteiger charge is 2.17. The largest absolute Gasteiger partial charge is 0.454 e. The number of fused-ring (bicyclic) bond motifs is 1. The van der Waals surface area contributed by atoms with E-state index >= 15 is 0 Å². The van der Waals surface area contributed by atoms with E-state index < -0.39 is 5.97 Å². The van der Waals surface area contributed by atoms with Gasteiger partial charge in [0.2, 0.25) is 6.79 Å². The summed E-state index contributed by atoms with van der Waals surface area (Å²) >= 11 is 3.35. The number of carbonyl (C=O) groups excluding carboxylic acids is 2. The number of hydrogen-bond acceptors (Lipinski definition) is 5. The Hall–Kier alpha value is -3.38. The minimum absolute atomic E-state index is 0.111. The summed E-state index contributed by atoms with van der Waals surface area (Å²) in [7, 11) is 0. The molecule has 3 aromatic carbocycles. The van der Waals surface area contributed by atoms with E-state index in [9.17, 15) is 9.59 Å². The molecule has 1 heterocycles. The Morgan fingerprint density at radius 3 is 2.48 bits per heavy atom. The molecule has 29 heavy (non-hydrogen) atoms.